The highest BCUT2D eigenvalue weighted by molar-refractivity contribution is 9.09. The lowest BCUT2D eigenvalue weighted by Crippen LogP contribution is -2.32. The van der Waals surface area contributed by atoms with E-state index in [0.29, 0.717) is 31.8 Å². The zero-order valence-electron chi connectivity index (χ0n) is 11.3. The van der Waals surface area contributed by atoms with Gasteiger partial charge in [0, 0.05) is 32.3 Å². The van der Waals surface area contributed by atoms with E-state index in [1.54, 1.807) is 7.11 Å². The second kappa shape index (κ2) is 10.1. The molecule has 1 fully saturated rings. The molecule has 1 aliphatic rings. The first-order valence-electron chi connectivity index (χ1n) is 6.61. The summed E-state index contributed by atoms with van der Waals surface area (Å²) in [5, 5.41) is 1.04. The van der Waals surface area contributed by atoms with Crippen molar-refractivity contribution in [2.45, 2.75) is 19.3 Å². The molecule has 0 unspecified atom stereocenters. The van der Waals surface area contributed by atoms with E-state index < -0.39 is 0 Å². The van der Waals surface area contributed by atoms with Gasteiger partial charge in [0.15, 0.2) is 0 Å². The van der Waals surface area contributed by atoms with Crippen LogP contribution in [0.2, 0.25) is 0 Å². The van der Waals surface area contributed by atoms with Crippen LogP contribution in [0.25, 0.3) is 0 Å². The van der Waals surface area contributed by atoms with Crippen LogP contribution in [-0.2, 0) is 18.9 Å². The number of methoxy groups -OCH3 is 1. The van der Waals surface area contributed by atoms with Gasteiger partial charge in [-0.1, -0.05) is 15.9 Å². The van der Waals surface area contributed by atoms with Crippen molar-refractivity contribution in [1.29, 1.82) is 0 Å². The maximum absolute atomic E-state index is 5.62. The number of alkyl halides is 1. The van der Waals surface area contributed by atoms with Crippen LogP contribution in [0.1, 0.15) is 19.3 Å². The van der Waals surface area contributed by atoms with E-state index in [2.05, 4.69) is 15.9 Å². The minimum absolute atomic E-state index is 0.370. The number of hydrogen-bond donors (Lipinski definition) is 0. The van der Waals surface area contributed by atoms with Gasteiger partial charge in [-0.2, -0.15) is 0 Å². The summed E-state index contributed by atoms with van der Waals surface area (Å²) in [4.78, 5) is 0. The fourth-order valence-electron chi connectivity index (χ4n) is 2.01. The smallest absolute Gasteiger partial charge is 0.0701 e. The molecule has 0 aromatic rings. The molecular formula is C13H25BrO4. The van der Waals surface area contributed by atoms with Crippen LogP contribution < -0.4 is 0 Å². The predicted octanol–water partition coefficient (Wildman–Crippen LogP) is 2.25. The molecule has 0 amide bonds. The Balaban J connectivity index is 1.98. The van der Waals surface area contributed by atoms with E-state index in [-0.39, 0.29) is 0 Å². The highest BCUT2D eigenvalue weighted by atomic mass is 79.9. The molecule has 0 radical (unpaired) electrons. The normalized spacial score (nSPS) is 19.0. The Morgan fingerprint density at radius 2 is 1.61 bits per heavy atom. The second-order valence-corrected chi connectivity index (χ2v) is 5.27. The van der Waals surface area contributed by atoms with Crippen LogP contribution in [0.3, 0.4) is 0 Å². The third-order valence-electron chi connectivity index (χ3n) is 3.42. The third-order valence-corrected chi connectivity index (χ3v) is 4.61. The topological polar surface area (TPSA) is 36.9 Å². The monoisotopic (exact) mass is 324 g/mol. The molecule has 0 saturated carbocycles. The molecule has 0 aromatic carbocycles. The molecule has 0 atom stereocenters. The summed E-state index contributed by atoms with van der Waals surface area (Å²) >= 11 is 3.63. The van der Waals surface area contributed by atoms with Crippen LogP contribution in [0.4, 0.5) is 0 Å². The minimum atomic E-state index is 0.370. The molecule has 0 aliphatic carbocycles. The molecule has 0 bridgehead atoms. The van der Waals surface area contributed by atoms with Gasteiger partial charge in [0.25, 0.3) is 0 Å². The molecular weight excluding hydrogens is 300 g/mol. The molecule has 1 rings (SSSR count). The zero-order chi connectivity index (χ0) is 13.1. The molecule has 1 saturated heterocycles. The molecule has 18 heavy (non-hydrogen) atoms. The van der Waals surface area contributed by atoms with Crippen LogP contribution in [0.5, 0.6) is 0 Å². The summed E-state index contributed by atoms with van der Waals surface area (Å²) < 4.78 is 21.3. The Labute approximate surface area is 118 Å². The van der Waals surface area contributed by atoms with Crippen LogP contribution in [0.15, 0.2) is 0 Å². The maximum Gasteiger partial charge on any atom is 0.0701 e. The number of ether oxygens (including phenoxy) is 4. The summed E-state index contributed by atoms with van der Waals surface area (Å²) in [7, 11) is 1.67. The first kappa shape index (κ1) is 16.4. The van der Waals surface area contributed by atoms with E-state index >= 15 is 0 Å². The predicted molar refractivity (Wildman–Crippen MR) is 74.4 cm³/mol. The lowest BCUT2D eigenvalue weighted by molar-refractivity contribution is -0.00800. The largest absolute Gasteiger partial charge is 0.382 e. The maximum atomic E-state index is 5.62. The number of hydrogen-bond acceptors (Lipinski definition) is 4. The molecule has 4 nitrogen and oxygen atoms in total. The van der Waals surface area contributed by atoms with Crippen LogP contribution in [-0.4, -0.2) is 58.7 Å². The van der Waals surface area contributed by atoms with Crippen molar-refractivity contribution >= 4 is 15.9 Å². The summed E-state index contributed by atoms with van der Waals surface area (Å²) in [5.74, 6) is 0. The second-order valence-electron chi connectivity index (χ2n) is 4.71. The van der Waals surface area contributed by atoms with E-state index in [1.807, 2.05) is 0 Å². The Morgan fingerprint density at radius 1 is 1.00 bits per heavy atom. The zero-order valence-corrected chi connectivity index (χ0v) is 12.9. The van der Waals surface area contributed by atoms with Crippen molar-refractivity contribution in [2.75, 3.05) is 58.7 Å². The molecule has 0 spiro atoms. The molecule has 0 aromatic heterocycles. The average molecular weight is 325 g/mol. The quantitative estimate of drug-likeness (QED) is 0.456. The standard InChI is InChI=1S/C13H25BrO4/c1-15-8-9-18-11-10-17-7-4-13(12-14)2-5-16-6-3-13/h2-12H2,1H3. The van der Waals surface area contributed by atoms with Gasteiger partial charge in [-0.25, -0.2) is 0 Å². The van der Waals surface area contributed by atoms with Gasteiger partial charge in [-0.15, -0.1) is 0 Å². The first-order valence-corrected chi connectivity index (χ1v) is 7.73. The average Bonchev–Trinajstić information content (AvgIpc) is 2.43. The van der Waals surface area contributed by atoms with E-state index in [9.17, 15) is 0 Å². The van der Waals surface area contributed by atoms with Crippen molar-refractivity contribution in [1.82, 2.24) is 0 Å². The van der Waals surface area contributed by atoms with Gasteiger partial charge >= 0.3 is 0 Å². The van der Waals surface area contributed by atoms with Gasteiger partial charge in [0.2, 0.25) is 0 Å². The molecule has 0 N–H and O–H groups in total. The van der Waals surface area contributed by atoms with Crippen molar-refractivity contribution in [3.63, 3.8) is 0 Å². The summed E-state index contributed by atoms with van der Waals surface area (Å²) in [6.45, 7) is 5.16. The first-order chi connectivity index (χ1) is 8.83. The molecule has 5 heteroatoms. The van der Waals surface area contributed by atoms with Crippen molar-refractivity contribution in [3.8, 4) is 0 Å². The van der Waals surface area contributed by atoms with E-state index in [1.165, 1.54) is 0 Å². The fraction of sp³-hybridized carbons (Fsp3) is 1.00. The van der Waals surface area contributed by atoms with Crippen molar-refractivity contribution in [2.24, 2.45) is 5.41 Å². The third kappa shape index (κ3) is 6.48. The van der Waals surface area contributed by atoms with Gasteiger partial charge in [0.05, 0.1) is 26.4 Å². The molecule has 108 valence electrons. The SMILES string of the molecule is COCCOCCOCCC1(CBr)CCOCC1. The Hall–Kier alpha value is 0.320. The Bertz CT molecular complexity index is 195. The fourth-order valence-corrected chi connectivity index (χ4v) is 2.85. The summed E-state index contributed by atoms with van der Waals surface area (Å²) in [5.41, 5.74) is 0.370. The van der Waals surface area contributed by atoms with Gasteiger partial charge in [-0.3, -0.25) is 0 Å². The lowest BCUT2D eigenvalue weighted by atomic mass is 9.80. The van der Waals surface area contributed by atoms with Gasteiger partial charge in [-0.05, 0) is 24.7 Å². The molecule has 1 aliphatic heterocycles. The van der Waals surface area contributed by atoms with E-state index in [0.717, 1.165) is 44.4 Å². The number of halogens is 1. The highest BCUT2D eigenvalue weighted by Gasteiger charge is 2.30. The van der Waals surface area contributed by atoms with Crippen LogP contribution in [0, 0.1) is 5.41 Å². The van der Waals surface area contributed by atoms with Gasteiger partial charge in [0.1, 0.15) is 0 Å². The van der Waals surface area contributed by atoms with Crippen molar-refractivity contribution in [3.05, 3.63) is 0 Å². The summed E-state index contributed by atoms with van der Waals surface area (Å²) in [6, 6.07) is 0. The molecule has 1 heterocycles. The van der Waals surface area contributed by atoms with Crippen molar-refractivity contribution < 1.29 is 18.9 Å². The number of rotatable bonds is 10. The highest BCUT2D eigenvalue weighted by Crippen LogP contribution is 2.35. The van der Waals surface area contributed by atoms with E-state index in [4.69, 9.17) is 18.9 Å². The van der Waals surface area contributed by atoms with Crippen LogP contribution >= 0.6 is 15.9 Å². The van der Waals surface area contributed by atoms with Gasteiger partial charge < -0.3 is 18.9 Å². The minimum Gasteiger partial charge on any atom is -0.382 e. The summed E-state index contributed by atoms with van der Waals surface area (Å²) in [6.07, 6.45) is 3.36. The Kier molecular flexibility index (Phi) is 9.23. The lowest BCUT2D eigenvalue weighted by Gasteiger charge is -2.35. The Morgan fingerprint density at radius 3 is 2.22 bits per heavy atom.